The highest BCUT2D eigenvalue weighted by atomic mass is 16.5. The van der Waals surface area contributed by atoms with Gasteiger partial charge in [0.2, 0.25) is 0 Å². The van der Waals surface area contributed by atoms with E-state index in [0.29, 0.717) is 28.4 Å². The van der Waals surface area contributed by atoms with Gasteiger partial charge < -0.3 is 4.74 Å². The van der Waals surface area contributed by atoms with E-state index in [1.165, 1.54) is 45.4 Å². The van der Waals surface area contributed by atoms with Gasteiger partial charge in [0.1, 0.15) is 11.9 Å². The lowest BCUT2D eigenvalue weighted by atomic mass is 9.44. The Labute approximate surface area is 158 Å². The number of esters is 1. The number of hydrogen-bond acceptors (Lipinski definition) is 3. The van der Waals surface area contributed by atoms with Gasteiger partial charge in [0, 0.05) is 25.7 Å². The van der Waals surface area contributed by atoms with Gasteiger partial charge in [0.05, 0.1) is 0 Å². The van der Waals surface area contributed by atoms with Crippen molar-refractivity contribution in [3.63, 3.8) is 0 Å². The summed E-state index contributed by atoms with van der Waals surface area (Å²) in [6.07, 6.45) is 10.5. The minimum atomic E-state index is -0.141. The molecule has 0 aliphatic heterocycles. The van der Waals surface area contributed by atoms with Crippen molar-refractivity contribution in [2.45, 2.75) is 91.6 Å². The predicted molar refractivity (Wildman–Crippen MR) is 101 cm³/mol. The lowest BCUT2D eigenvalue weighted by Crippen LogP contribution is -2.54. The summed E-state index contributed by atoms with van der Waals surface area (Å²) in [6.45, 7) is 8.65. The molecule has 0 heterocycles. The van der Waals surface area contributed by atoms with Crippen LogP contribution in [0.15, 0.2) is 0 Å². The Kier molecular flexibility index (Phi) is 4.51. The van der Waals surface area contributed by atoms with E-state index in [1.54, 1.807) is 0 Å². The molecule has 4 rings (SSSR count). The van der Waals surface area contributed by atoms with Gasteiger partial charge in [0.25, 0.3) is 0 Å². The molecule has 0 amide bonds. The summed E-state index contributed by atoms with van der Waals surface area (Å²) >= 11 is 0. The molecule has 0 unspecified atom stereocenters. The quantitative estimate of drug-likeness (QED) is 0.638. The maximum atomic E-state index is 12.0. The fourth-order valence-corrected chi connectivity index (χ4v) is 8.20. The first-order chi connectivity index (χ1) is 12.3. The van der Waals surface area contributed by atoms with Crippen molar-refractivity contribution in [1.29, 1.82) is 0 Å². The Balaban J connectivity index is 1.56. The molecular formula is C23H36O3. The molecule has 0 aromatic heterocycles. The van der Waals surface area contributed by atoms with Crippen LogP contribution in [0.4, 0.5) is 0 Å². The van der Waals surface area contributed by atoms with Crippen LogP contribution in [-0.2, 0) is 14.3 Å². The van der Waals surface area contributed by atoms with Crippen molar-refractivity contribution in [1.82, 2.24) is 0 Å². The third-order valence-electron chi connectivity index (χ3n) is 9.47. The lowest BCUT2D eigenvalue weighted by molar-refractivity contribution is -0.156. The van der Waals surface area contributed by atoms with Gasteiger partial charge in [-0.3, -0.25) is 9.59 Å². The van der Waals surface area contributed by atoms with Crippen LogP contribution in [0.3, 0.4) is 0 Å². The average molecular weight is 361 g/mol. The van der Waals surface area contributed by atoms with Gasteiger partial charge in [-0.1, -0.05) is 13.8 Å². The Morgan fingerprint density at radius 3 is 2.50 bits per heavy atom. The molecule has 146 valence electrons. The summed E-state index contributed by atoms with van der Waals surface area (Å²) in [5.41, 5.74) is 0.710. The van der Waals surface area contributed by atoms with Crippen molar-refractivity contribution < 1.29 is 14.3 Å². The van der Waals surface area contributed by atoms with E-state index in [9.17, 15) is 9.59 Å². The average Bonchev–Trinajstić information content (AvgIpc) is 2.92. The molecule has 4 aliphatic carbocycles. The maximum absolute atomic E-state index is 12.0. The fraction of sp³-hybridized carbons (Fsp3) is 0.913. The van der Waals surface area contributed by atoms with Crippen molar-refractivity contribution in [2.75, 3.05) is 0 Å². The van der Waals surface area contributed by atoms with E-state index in [-0.39, 0.29) is 12.1 Å². The number of Topliss-reactive ketones (excluding diaryl/α,β-unsaturated/α-hetero) is 1. The summed E-state index contributed by atoms with van der Waals surface area (Å²) < 4.78 is 5.63. The summed E-state index contributed by atoms with van der Waals surface area (Å²) in [6, 6.07) is 0. The number of hydrogen-bond donors (Lipinski definition) is 0. The predicted octanol–water partition coefficient (Wildman–Crippen LogP) is 5.17. The summed E-state index contributed by atoms with van der Waals surface area (Å²) in [5, 5.41) is 0. The molecule has 4 saturated carbocycles. The second-order valence-electron chi connectivity index (χ2n) is 10.4. The van der Waals surface area contributed by atoms with Crippen LogP contribution in [0, 0.1) is 40.4 Å². The maximum Gasteiger partial charge on any atom is 0.302 e. The van der Waals surface area contributed by atoms with Gasteiger partial charge in [-0.2, -0.15) is 0 Å². The first kappa shape index (κ1) is 18.5. The molecule has 4 fully saturated rings. The van der Waals surface area contributed by atoms with Crippen LogP contribution in [0.2, 0.25) is 0 Å². The molecule has 26 heavy (non-hydrogen) atoms. The number of ketones is 1. The van der Waals surface area contributed by atoms with E-state index in [4.69, 9.17) is 4.74 Å². The second-order valence-corrected chi connectivity index (χ2v) is 10.4. The normalized spacial score (nSPS) is 48.9. The molecule has 0 bridgehead atoms. The van der Waals surface area contributed by atoms with Gasteiger partial charge in [0.15, 0.2) is 0 Å². The monoisotopic (exact) mass is 360 g/mol. The number of carbonyl (C=O) groups excluding carboxylic acids is 2. The summed E-state index contributed by atoms with van der Waals surface area (Å²) in [4.78, 5) is 23.5. The molecule has 0 radical (unpaired) electrons. The van der Waals surface area contributed by atoms with Crippen molar-refractivity contribution in [2.24, 2.45) is 40.4 Å². The third-order valence-corrected chi connectivity index (χ3v) is 9.47. The summed E-state index contributed by atoms with van der Waals surface area (Å²) in [7, 11) is 0. The first-order valence-electron chi connectivity index (χ1n) is 10.9. The molecular weight excluding hydrogens is 324 g/mol. The van der Waals surface area contributed by atoms with E-state index >= 15 is 0 Å². The van der Waals surface area contributed by atoms with Crippen molar-refractivity contribution >= 4 is 11.8 Å². The van der Waals surface area contributed by atoms with E-state index < -0.39 is 0 Å². The lowest BCUT2D eigenvalue weighted by Gasteiger charge is -2.60. The van der Waals surface area contributed by atoms with Gasteiger partial charge in [-0.25, -0.2) is 0 Å². The smallest absolute Gasteiger partial charge is 0.302 e. The van der Waals surface area contributed by atoms with E-state index in [2.05, 4.69) is 20.8 Å². The van der Waals surface area contributed by atoms with Crippen molar-refractivity contribution in [3.05, 3.63) is 0 Å². The molecule has 3 heteroatoms. The Morgan fingerprint density at radius 2 is 1.77 bits per heavy atom. The van der Waals surface area contributed by atoms with Crippen LogP contribution < -0.4 is 0 Å². The zero-order valence-electron chi connectivity index (χ0n) is 17.1. The number of ether oxygens (including phenoxy) is 1. The van der Waals surface area contributed by atoms with E-state index in [0.717, 1.165) is 37.0 Å². The Morgan fingerprint density at radius 1 is 1.04 bits per heavy atom. The fourth-order valence-electron chi connectivity index (χ4n) is 8.20. The first-order valence-corrected chi connectivity index (χ1v) is 10.9. The van der Waals surface area contributed by atoms with Gasteiger partial charge in [-0.15, -0.1) is 0 Å². The standard InChI is InChI=1S/C23H36O3/c1-14(26-15(2)24)19-7-8-20-18-6-5-16-13-17(25)9-11-22(16,3)21(18)10-12-23(19,20)4/h14,16,18-21H,5-13H2,1-4H3/t14-,16+,18-,19+,20+,21-,22+,23-/m1/s1. The van der Waals surface area contributed by atoms with Crippen LogP contribution in [0.1, 0.15) is 85.5 Å². The third kappa shape index (κ3) is 2.67. The molecule has 8 atom stereocenters. The van der Waals surface area contributed by atoms with Gasteiger partial charge >= 0.3 is 5.97 Å². The topological polar surface area (TPSA) is 43.4 Å². The molecule has 0 aromatic rings. The van der Waals surface area contributed by atoms with Crippen LogP contribution in [-0.4, -0.2) is 17.9 Å². The highest BCUT2D eigenvalue weighted by Crippen LogP contribution is 2.67. The van der Waals surface area contributed by atoms with Crippen LogP contribution >= 0.6 is 0 Å². The van der Waals surface area contributed by atoms with Gasteiger partial charge in [-0.05, 0) is 86.4 Å². The minimum Gasteiger partial charge on any atom is -0.463 e. The largest absolute Gasteiger partial charge is 0.463 e. The zero-order chi connectivity index (χ0) is 18.7. The molecule has 4 aliphatic rings. The molecule has 0 saturated heterocycles. The SMILES string of the molecule is CC(=O)O[C@H](C)[C@@H]1CC[C@H]2[C@H]3CC[C@H]4CC(=O)CC[C@]4(C)[C@@H]3CC[C@@]21C. The highest BCUT2D eigenvalue weighted by Gasteiger charge is 2.61. The molecule has 3 nitrogen and oxygen atoms in total. The molecule has 0 aromatic carbocycles. The number of carbonyl (C=O) groups is 2. The van der Waals surface area contributed by atoms with E-state index in [1.807, 2.05) is 0 Å². The number of fused-ring (bicyclic) bond motifs is 5. The Hall–Kier alpha value is -0.860. The molecule has 0 N–H and O–H groups in total. The minimum absolute atomic E-state index is 0.0401. The Bertz CT molecular complexity index is 598. The van der Waals surface area contributed by atoms with Crippen LogP contribution in [0.25, 0.3) is 0 Å². The van der Waals surface area contributed by atoms with Crippen molar-refractivity contribution in [3.8, 4) is 0 Å². The summed E-state index contributed by atoms with van der Waals surface area (Å²) in [5.74, 6) is 3.90. The molecule has 0 spiro atoms. The second kappa shape index (κ2) is 6.34. The van der Waals surface area contributed by atoms with Crippen LogP contribution in [0.5, 0.6) is 0 Å². The highest BCUT2D eigenvalue weighted by molar-refractivity contribution is 5.79. The number of rotatable bonds is 2. The zero-order valence-corrected chi connectivity index (χ0v) is 17.1.